The summed E-state index contributed by atoms with van der Waals surface area (Å²) >= 11 is 7.65. The van der Waals surface area contributed by atoms with Crippen LogP contribution < -0.4 is 10.2 Å². The predicted octanol–water partition coefficient (Wildman–Crippen LogP) is 4.47. The van der Waals surface area contributed by atoms with E-state index in [2.05, 4.69) is 20.4 Å². The fourth-order valence-corrected chi connectivity index (χ4v) is 4.55. The molecule has 0 atom stereocenters. The first-order valence-corrected chi connectivity index (χ1v) is 11.4. The van der Waals surface area contributed by atoms with Crippen molar-refractivity contribution in [2.24, 2.45) is 0 Å². The molecule has 0 unspecified atom stereocenters. The number of nitro benzene ring substituents is 1. The SMILES string of the molecule is Cc1cccc([N+](=O)[O-])c1NC(=O)CSc1nnc(N2CCCC2)n1-c1ccccc1Cl. The highest BCUT2D eigenvalue weighted by molar-refractivity contribution is 7.99. The maximum Gasteiger partial charge on any atom is 0.293 e. The van der Waals surface area contributed by atoms with Crippen LogP contribution in [0, 0.1) is 17.0 Å². The lowest BCUT2D eigenvalue weighted by Crippen LogP contribution is -2.22. The van der Waals surface area contributed by atoms with Crippen LogP contribution >= 0.6 is 23.4 Å². The molecule has 1 fully saturated rings. The third kappa shape index (κ3) is 4.56. The van der Waals surface area contributed by atoms with E-state index < -0.39 is 4.92 Å². The summed E-state index contributed by atoms with van der Waals surface area (Å²) in [5.74, 6) is 0.325. The van der Waals surface area contributed by atoms with Crippen LogP contribution in [0.3, 0.4) is 0 Å². The van der Waals surface area contributed by atoms with Crippen molar-refractivity contribution in [2.75, 3.05) is 29.1 Å². The zero-order valence-corrected chi connectivity index (χ0v) is 18.9. The minimum atomic E-state index is -0.508. The molecule has 0 radical (unpaired) electrons. The fraction of sp³-hybridized carbons (Fsp3) is 0.286. The number of anilines is 2. The lowest BCUT2D eigenvalue weighted by atomic mass is 10.1. The number of hydrogen-bond acceptors (Lipinski definition) is 7. The number of carbonyl (C=O) groups is 1. The minimum Gasteiger partial charge on any atom is -0.341 e. The topological polar surface area (TPSA) is 106 Å². The summed E-state index contributed by atoms with van der Waals surface area (Å²) in [6, 6.07) is 12.1. The molecule has 0 saturated carbocycles. The standard InChI is InChI=1S/C21H21ClN6O3S/c1-14-7-6-10-17(28(30)31)19(14)23-18(29)13-32-21-25-24-20(26-11-4-5-12-26)27(21)16-9-3-2-8-15(16)22/h2-3,6-10H,4-5,11-13H2,1H3,(H,23,29). The largest absolute Gasteiger partial charge is 0.341 e. The number of carbonyl (C=O) groups excluding carboxylic acids is 1. The highest BCUT2D eigenvalue weighted by atomic mass is 35.5. The Morgan fingerprint density at radius 1 is 1.19 bits per heavy atom. The number of nitro groups is 1. The summed E-state index contributed by atoms with van der Waals surface area (Å²) in [6.07, 6.45) is 2.16. The predicted molar refractivity (Wildman–Crippen MR) is 125 cm³/mol. The normalized spacial score (nSPS) is 13.4. The van der Waals surface area contributed by atoms with Gasteiger partial charge in [0.05, 0.1) is 21.4 Å². The van der Waals surface area contributed by atoms with Gasteiger partial charge in [-0.15, -0.1) is 10.2 Å². The van der Waals surface area contributed by atoms with E-state index in [1.807, 2.05) is 22.8 Å². The van der Waals surface area contributed by atoms with Gasteiger partial charge in [0.2, 0.25) is 11.9 Å². The molecule has 1 aliphatic rings. The molecule has 2 heterocycles. The van der Waals surface area contributed by atoms with Gasteiger partial charge in [0.15, 0.2) is 5.16 Å². The third-order valence-corrected chi connectivity index (χ3v) is 6.39. The van der Waals surface area contributed by atoms with Crippen molar-refractivity contribution >= 4 is 46.6 Å². The van der Waals surface area contributed by atoms with E-state index in [9.17, 15) is 14.9 Å². The number of thioether (sulfide) groups is 1. The first-order valence-electron chi connectivity index (χ1n) is 10.1. The van der Waals surface area contributed by atoms with Gasteiger partial charge in [-0.2, -0.15) is 0 Å². The molecule has 32 heavy (non-hydrogen) atoms. The molecule has 11 heteroatoms. The lowest BCUT2D eigenvalue weighted by molar-refractivity contribution is -0.384. The van der Waals surface area contributed by atoms with Gasteiger partial charge in [0, 0.05) is 19.2 Å². The monoisotopic (exact) mass is 472 g/mol. The number of benzene rings is 2. The van der Waals surface area contributed by atoms with Crippen molar-refractivity contribution in [3.05, 3.63) is 63.2 Å². The zero-order chi connectivity index (χ0) is 22.7. The Morgan fingerprint density at radius 2 is 1.94 bits per heavy atom. The number of aromatic nitrogens is 3. The van der Waals surface area contributed by atoms with Crippen molar-refractivity contribution in [3.63, 3.8) is 0 Å². The Labute approximate surface area is 193 Å². The van der Waals surface area contributed by atoms with Crippen LogP contribution in [0.25, 0.3) is 5.69 Å². The first kappa shape index (κ1) is 22.1. The van der Waals surface area contributed by atoms with Crippen LogP contribution in [0.5, 0.6) is 0 Å². The summed E-state index contributed by atoms with van der Waals surface area (Å²) in [6.45, 7) is 3.47. The van der Waals surface area contributed by atoms with E-state index >= 15 is 0 Å². The molecule has 1 amide bonds. The summed E-state index contributed by atoms with van der Waals surface area (Å²) in [5.41, 5.74) is 1.42. The maximum atomic E-state index is 12.6. The second-order valence-electron chi connectivity index (χ2n) is 7.33. The molecule has 2 aromatic carbocycles. The lowest BCUT2D eigenvalue weighted by Gasteiger charge is -2.19. The molecule has 1 saturated heterocycles. The van der Waals surface area contributed by atoms with Crippen molar-refractivity contribution < 1.29 is 9.72 Å². The number of para-hydroxylation sites is 2. The van der Waals surface area contributed by atoms with Gasteiger partial charge in [0.25, 0.3) is 5.69 Å². The molecule has 0 spiro atoms. The number of rotatable bonds is 7. The van der Waals surface area contributed by atoms with Gasteiger partial charge in [-0.25, -0.2) is 0 Å². The Bertz CT molecular complexity index is 1160. The van der Waals surface area contributed by atoms with Crippen LogP contribution in [0.2, 0.25) is 5.02 Å². The molecular weight excluding hydrogens is 452 g/mol. The summed E-state index contributed by atoms with van der Waals surface area (Å²) in [7, 11) is 0. The van der Waals surface area contributed by atoms with Crippen molar-refractivity contribution in [3.8, 4) is 5.69 Å². The Balaban J connectivity index is 1.57. The molecule has 0 bridgehead atoms. The molecule has 3 aromatic rings. The number of halogens is 1. The molecule has 166 valence electrons. The second kappa shape index (κ2) is 9.58. The van der Waals surface area contributed by atoms with Crippen LogP contribution in [-0.4, -0.2) is 44.4 Å². The highest BCUT2D eigenvalue weighted by Gasteiger charge is 2.24. The number of aryl methyl sites for hydroxylation is 1. The first-order chi connectivity index (χ1) is 15.5. The molecule has 0 aliphatic carbocycles. The molecule has 9 nitrogen and oxygen atoms in total. The maximum absolute atomic E-state index is 12.6. The average molecular weight is 473 g/mol. The fourth-order valence-electron chi connectivity index (χ4n) is 3.59. The highest BCUT2D eigenvalue weighted by Crippen LogP contribution is 2.32. The third-order valence-electron chi connectivity index (χ3n) is 5.14. The molecule has 1 aromatic heterocycles. The van der Waals surface area contributed by atoms with E-state index in [0.717, 1.165) is 31.6 Å². The number of nitrogens with zero attached hydrogens (tertiary/aromatic N) is 5. The smallest absolute Gasteiger partial charge is 0.293 e. The summed E-state index contributed by atoms with van der Waals surface area (Å²) < 4.78 is 1.86. The summed E-state index contributed by atoms with van der Waals surface area (Å²) in [4.78, 5) is 25.6. The van der Waals surface area contributed by atoms with Crippen molar-refractivity contribution in [1.29, 1.82) is 0 Å². The van der Waals surface area contributed by atoms with E-state index in [0.29, 0.717) is 21.7 Å². The number of hydrogen-bond donors (Lipinski definition) is 1. The second-order valence-corrected chi connectivity index (χ2v) is 8.68. The van der Waals surface area contributed by atoms with Gasteiger partial charge >= 0.3 is 0 Å². The van der Waals surface area contributed by atoms with Crippen LogP contribution in [0.15, 0.2) is 47.6 Å². The Kier molecular flexibility index (Phi) is 6.61. The van der Waals surface area contributed by atoms with E-state index in [1.54, 1.807) is 25.1 Å². The quantitative estimate of drug-likeness (QED) is 0.307. The van der Waals surface area contributed by atoms with Gasteiger partial charge in [0.1, 0.15) is 5.69 Å². The van der Waals surface area contributed by atoms with Gasteiger partial charge < -0.3 is 10.2 Å². The van der Waals surface area contributed by atoms with Crippen LogP contribution in [0.4, 0.5) is 17.3 Å². The Morgan fingerprint density at radius 3 is 2.66 bits per heavy atom. The minimum absolute atomic E-state index is 0.00801. The van der Waals surface area contributed by atoms with Crippen molar-refractivity contribution in [1.82, 2.24) is 14.8 Å². The number of amides is 1. The number of nitrogens with one attached hydrogen (secondary N) is 1. The Hall–Kier alpha value is -3.11. The van der Waals surface area contributed by atoms with Crippen LogP contribution in [0.1, 0.15) is 18.4 Å². The average Bonchev–Trinajstić information content (AvgIpc) is 3.43. The molecule has 1 N–H and O–H groups in total. The summed E-state index contributed by atoms with van der Waals surface area (Å²) in [5, 5.41) is 23.7. The van der Waals surface area contributed by atoms with E-state index in [1.165, 1.54) is 17.8 Å². The molecule has 4 rings (SSSR count). The van der Waals surface area contributed by atoms with E-state index in [4.69, 9.17) is 11.6 Å². The van der Waals surface area contributed by atoms with Gasteiger partial charge in [-0.1, -0.05) is 47.6 Å². The zero-order valence-electron chi connectivity index (χ0n) is 17.3. The molecular formula is C21H21ClN6O3S. The molecule has 1 aliphatic heterocycles. The van der Waals surface area contributed by atoms with Crippen molar-refractivity contribution in [2.45, 2.75) is 24.9 Å². The van der Waals surface area contributed by atoms with Crippen LogP contribution in [-0.2, 0) is 4.79 Å². The van der Waals surface area contributed by atoms with Gasteiger partial charge in [-0.05, 0) is 37.5 Å². The van der Waals surface area contributed by atoms with E-state index in [-0.39, 0.29) is 23.0 Å². The van der Waals surface area contributed by atoms with Gasteiger partial charge in [-0.3, -0.25) is 19.5 Å².